The number of hydrogen-bond acceptors (Lipinski definition) is 4. The van der Waals surface area contributed by atoms with Crippen molar-refractivity contribution >= 4 is 35.1 Å². The van der Waals surface area contributed by atoms with E-state index in [1.165, 1.54) is 10.9 Å². The van der Waals surface area contributed by atoms with Gasteiger partial charge >= 0.3 is 6.09 Å². The van der Waals surface area contributed by atoms with E-state index < -0.39 is 6.09 Å². The van der Waals surface area contributed by atoms with Gasteiger partial charge in [-0.1, -0.05) is 23.2 Å². The highest BCUT2D eigenvalue weighted by Gasteiger charge is 2.14. The number of aryl methyl sites for hydroxylation is 1. The maximum Gasteiger partial charge on any atom is 0.412 e. The van der Waals surface area contributed by atoms with E-state index in [4.69, 9.17) is 27.9 Å². The number of carbonyl (C=O) groups is 1. The average molecular weight is 315 g/mol. The minimum atomic E-state index is -0.571. The molecule has 6 nitrogen and oxygen atoms in total. The number of amides is 1. The Morgan fingerprint density at radius 1 is 1.45 bits per heavy atom. The Morgan fingerprint density at radius 2 is 2.20 bits per heavy atom. The molecule has 20 heavy (non-hydrogen) atoms. The van der Waals surface area contributed by atoms with Gasteiger partial charge in [-0.3, -0.25) is 5.32 Å². The Labute approximate surface area is 125 Å². The molecule has 0 spiro atoms. The summed E-state index contributed by atoms with van der Waals surface area (Å²) in [7, 11) is 0. The van der Waals surface area contributed by atoms with Gasteiger partial charge in [0.05, 0.1) is 22.3 Å². The summed E-state index contributed by atoms with van der Waals surface area (Å²) >= 11 is 11.9. The number of aromatic nitrogens is 3. The number of halogens is 2. The molecular weight excluding hydrogens is 303 g/mol. The second kappa shape index (κ2) is 6.11. The van der Waals surface area contributed by atoms with Crippen molar-refractivity contribution in [2.24, 2.45) is 0 Å². The topological polar surface area (TPSA) is 69.0 Å². The van der Waals surface area contributed by atoms with Crippen LogP contribution in [0, 0.1) is 6.92 Å². The molecule has 0 aliphatic heterocycles. The van der Waals surface area contributed by atoms with Crippen molar-refractivity contribution in [3.63, 3.8) is 0 Å². The lowest BCUT2D eigenvalue weighted by molar-refractivity contribution is 0.167. The lowest BCUT2D eigenvalue weighted by Gasteiger charge is -2.09. The number of hydrogen-bond donors (Lipinski definition) is 1. The van der Waals surface area contributed by atoms with E-state index in [9.17, 15) is 4.79 Å². The Kier molecular flexibility index (Phi) is 4.46. The summed E-state index contributed by atoms with van der Waals surface area (Å²) in [4.78, 5) is 15.6. The summed E-state index contributed by atoms with van der Waals surface area (Å²) in [6.45, 7) is 3.79. The minimum absolute atomic E-state index is 0.277. The second-order valence-electron chi connectivity index (χ2n) is 3.89. The van der Waals surface area contributed by atoms with Gasteiger partial charge in [0.25, 0.3) is 0 Å². The van der Waals surface area contributed by atoms with Crippen LogP contribution in [0.1, 0.15) is 12.6 Å². The first-order valence-corrected chi connectivity index (χ1v) is 6.58. The smallest absolute Gasteiger partial charge is 0.412 e. The summed E-state index contributed by atoms with van der Waals surface area (Å²) in [6.07, 6.45) is 0.882. The van der Waals surface area contributed by atoms with Crippen LogP contribution in [0.25, 0.3) is 5.82 Å². The fourth-order valence-corrected chi connectivity index (χ4v) is 2.05. The molecule has 0 fully saturated rings. The van der Waals surface area contributed by atoms with Crippen molar-refractivity contribution in [3.05, 3.63) is 34.1 Å². The van der Waals surface area contributed by atoms with Crippen LogP contribution in [0.15, 0.2) is 18.3 Å². The lowest BCUT2D eigenvalue weighted by atomic mass is 10.4. The Hall–Kier alpha value is -1.79. The zero-order valence-corrected chi connectivity index (χ0v) is 12.4. The summed E-state index contributed by atoms with van der Waals surface area (Å²) in [5.74, 6) is 0.786. The van der Waals surface area contributed by atoms with Crippen molar-refractivity contribution in [1.82, 2.24) is 14.8 Å². The predicted octanol–water partition coefficient (Wildman–Crippen LogP) is 3.45. The van der Waals surface area contributed by atoms with Crippen molar-refractivity contribution in [3.8, 4) is 5.82 Å². The van der Waals surface area contributed by atoms with Gasteiger partial charge in [0.15, 0.2) is 5.82 Å². The van der Waals surface area contributed by atoms with Gasteiger partial charge in [0.1, 0.15) is 5.82 Å². The van der Waals surface area contributed by atoms with E-state index in [2.05, 4.69) is 15.4 Å². The Morgan fingerprint density at radius 3 is 2.85 bits per heavy atom. The molecule has 0 saturated heterocycles. The van der Waals surface area contributed by atoms with Crippen LogP contribution >= 0.6 is 23.2 Å². The van der Waals surface area contributed by atoms with Crippen LogP contribution in [0.3, 0.4) is 0 Å². The van der Waals surface area contributed by atoms with Crippen molar-refractivity contribution in [2.45, 2.75) is 13.8 Å². The van der Waals surface area contributed by atoms with Gasteiger partial charge in [-0.2, -0.15) is 9.78 Å². The zero-order valence-electron chi connectivity index (χ0n) is 10.9. The van der Waals surface area contributed by atoms with Gasteiger partial charge in [0.2, 0.25) is 0 Å². The molecule has 2 aromatic heterocycles. The third-order valence-corrected chi connectivity index (χ3v) is 2.81. The van der Waals surface area contributed by atoms with Crippen LogP contribution in [0.4, 0.5) is 10.6 Å². The van der Waals surface area contributed by atoms with E-state index in [0.29, 0.717) is 27.4 Å². The highest BCUT2D eigenvalue weighted by atomic mass is 35.5. The van der Waals surface area contributed by atoms with E-state index in [1.807, 2.05) is 0 Å². The lowest BCUT2D eigenvalue weighted by Crippen LogP contribution is -2.16. The molecule has 0 aromatic carbocycles. The number of pyridine rings is 1. The summed E-state index contributed by atoms with van der Waals surface area (Å²) in [6, 6.07) is 3.24. The van der Waals surface area contributed by atoms with Gasteiger partial charge in [-0.15, -0.1) is 0 Å². The highest BCUT2D eigenvalue weighted by molar-refractivity contribution is 6.35. The number of nitrogens with one attached hydrogen (secondary N) is 1. The van der Waals surface area contributed by atoms with Crippen LogP contribution in [0.2, 0.25) is 10.0 Å². The van der Waals surface area contributed by atoms with Crippen LogP contribution < -0.4 is 5.32 Å². The number of nitrogens with zero attached hydrogens (tertiary/aromatic N) is 3. The summed E-state index contributed by atoms with van der Waals surface area (Å²) in [5.41, 5.74) is 0.699. The molecule has 2 aromatic rings. The average Bonchev–Trinajstić information content (AvgIpc) is 2.70. The molecule has 0 aliphatic carbocycles. The highest BCUT2D eigenvalue weighted by Crippen LogP contribution is 2.24. The van der Waals surface area contributed by atoms with Crippen molar-refractivity contribution < 1.29 is 9.53 Å². The molecule has 0 aliphatic rings. The largest absolute Gasteiger partial charge is 0.450 e. The SMILES string of the molecule is CCOC(=O)Nc1cc(C)nn1-c1ncc(Cl)cc1Cl. The molecule has 1 amide bonds. The molecule has 2 rings (SSSR count). The Bertz CT molecular complexity index is 642. The third kappa shape index (κ3) is 3.20. The number of anilines is 1. The molecule has 1 N–H and O–H groups in total. The maximum atomic E-state index is 11.5. The molecule has 0 atom stereocenters. The quantitative estimate of drug-likeness (QED) is 0.942. The second-order valence-corrected chi connectivity index (χ2v) is 4.73. The number of ether oxygens (including phenoxy) is 1. The van der Waals surface area contributed by atoms with Crippen molar-refractivity contribution in [1.29, 1.82) is 0 Å². The molecule has 8 heteroatoms. The van der Waals surface area contributed by atoms with Crippen molar-refractivity contribution in [2.75, 3.05) is 11.9 Å². The van der Waals surface area contributed by atoms with E-state index in [-0.39, 0.29) is 6.61 Å². The van der Waals surface area contributed by atoms with Crippen LogP contribution in [-0.2, 0) is 4.74 Å². The maximum absolute atomic E-state index is 11.5. The first-order chi connectivity index (χ1) is 9.51. The first-order valence-electron chi connectivity index (χ1n) is 5.83. The Balaban J connectivity index is 2.38. The monoisotopic (exact) mass is 314 g/mol. The van der Waals surface area contributed by atoms with Gasteiger partial charge in [0, 0.05) is 12.3 Å². The molecular formula is C12H12Cl2N4O2. The number of carbonyl (C=O) groups excluding carboxylic acids is 1. The fraction of sp³-hybridized carbons (Fsp3) is 0.250. The normalized spacial score (nSPS) is 10.4. The molecule has 106 valence electrons. The standard InChI is InChI=1S/C12H12Cl2N4O2/c1-3-20-12(19)16-10-4-7(2)17-18(10)11-9(14)5-8(13)6-15-11/h4-6H,3H2,1-2H3,(H,16,19). The summed E-state index contributed by atoms with van der Waals surface area (Å²) < 4.78 is 6.25. The van der Waals surface area contributed by atoms with Crippen LogP contribution in [-0.4, -0.2) is 27.5 Å². The fourth-order valence-electron chi connectivity index (χ4n) is 1.58. The first kappa shape index (κ1) is 14.6. The molecule has 0 bridgehead atoms. The minimum Gasteiger partial charge on any atom is -0.450 e. The van der Waals surface area contributed by atoms with Gasteiger partial charge < -0.3 is 4.74 Å². The predicted molar refractivity (Wildman–Crippen MR) is 76.8 cm³/mol. The molecule has 0 unspecified atom stereocenters. The molecule has 2 heterocycles. The van der Waals surface area contributed by atoms with Gasteiger partial charge in [-0.25, -0.2) is 9.78 Å². The molecule has 0 saturated carbocycles. The van der Waals surface area contributed by atoms with E-state index >= 15 is 0 Å². The van der Waals surface area contributed by atoms with E-state index in [0.717, 1.165) is 0 Å². The van der Waals surface area contributed by atoms with Crippen LogP contribution in [0.5, 0.6) is 0 Å². The molecule has 0 radical (unpaired) electrons. The summed E-state index contributed by atoms with van der Waals surface area (Å²) in [5, 5.41) is 7.57. The van der Waals surface area contributed by atoms with Gasteiger partial charge in [-0.05, 0) is 19.9 Å². The van der Waals surface area contributed by atoms with E-state index in [1.54, 1.807) is 26.0 Å². The third-order valence-electron chi connectivity index (χ3n) is 2.33. The zero-order chi connectivity index (χ0) is 14.7. The number of rotatable bonds is 3.